The Morgan fingerprint density at radius 3 is 3.00 bits per heavy atom. The van der Waals surface area contributed by atoms with Gasteiger partial charge in [0.1, 0.15) is 0 Å². The van der Waals surface area contributed by atoms with E-state index in [0.717, 1.165) is 42.5 Å². The van der Waals surface area contributed by atoms with Gasteiger partial charge in [0.05, 0.1) is 17.1 Å². The molecule has 1 aliphatic rings. The van der Waals surface area contributed by atoms with E-state index in [9.17, 15) is 4.79 Å². The smallest absolute Gasteiger partial charge is 0.323 e. The molecule has 3 rings (SSSR count). The molecule has 4 N–H and O–H groups in total. The number of nitrogens with one attached hydrogen (secondary N) is 2. The molecular formula is C13H17N3O2. The molecule has 5 nitrogen and oxygen atoms in total. The van der Waals surface area contributed by atoms with Gasteiger partial charge in [-0.1, -0.05) is 6.07 Å². The Kier molecular flexibility index (Phi) is 2.93. The summed E-state index contributed by atoms with van der Waals surface area (Å²) < 4.78 is 5.59. The first-order valence-electron chi connectivity index (χ1n) is 6.31. The zero-order valence-corrected chi connectivity index (χ0v) is 10.1. The van der Waals surface area contributed by atoms with Gasteiger partial charge in [-0.3, -0.25) is 0 Å². The summed E-state index contributed by atoms with van der Waals surface area (Å²) in [7, 11) is 0. The summed E-state index contributed by atoms with van der Waals surface area (Å²) in [5.74, 6) is 0. The number of aromatic amines is 2. The van der Waals surface area contributed by atoms with Crippen LogP contribution >= 0.6 is 0 Å². The third-order valence-corrected chi connectivity index (χ3v) is 3.51. The summed E-state index contributed by atoms with van der Waals surface area (Å²) in [6, 6.07) is 5.74. The number of H-pyrrole nitrogens is 2. The van der Waals surface area contributed by atoms with E-state index in [1.807, 2.05) is 18.2 Å². The van der Waals surface area contributed by atoms with Crippen molar-refractivity contribution in [3.05, 3.63) is 34.2 Å². The second kappa shape index (κ2) is 4.59. The van der Waals surface area contributed by atoms with E-state index in [2.05, 4.69) is 9.97 Å². The van der Waals surface area contributed by atoms with Gasteiger partial charge in [-0.25, -0.2) is 4.79 Å². The van der Waals surface area contributed by atoms with E-state index in [0.29, 0.717) is 0 Å². The fraction of sp³-hybridized carbons (Fsp3) is 0.462. The summed E-state index contributed by atoms with van der Waals surface area (Å²) in [5.41, 5.74) is 8.66. The van der Waals surface area contributed by atoms with E-state index in [1.165, 1.54) is 0 Å². The van der Waals surface area contributed by atoms with Gasteiger partial charge < -0.3 is 20.4 Å². The van der Waals surface area contributed by atoms with Gasteiger partial charge in [-0.05, 0) is 37.0 Å². The second-order valence-corrected chi connectivity index (χ2v) is 4.86. The third-order valence-electron chi connectivity index (χ3n) is 3.51. The van der Waals surface area contributed by atoms with Crippen LogP contribution < -0.4 is 11.4 Å². The highest BCUT2D eigenvalue weighted by atomic mass is 16.5. The van der Waals surface area contributed by atoms with E-state index < -0.39 is 0 Å². The molecule has 1 aromatic heterocycles. The lowest BCUT2D eigenvalue weighted by atomic mass is 10.00. The first-order chi connectivity index (χ1) is 8.72. The Bertz CT molecular complexity index is 596. The molecule has 0 saturated carbocycles. The molecular weight excluding hydrogens is 230 g/mol. The van der Waals surface area contributed by atoms with E-state index in [-0.39, 0.29) is 17.8 Å². The minimum atomic E-state index is -0.185. The Balaban J connectivity index is 1.81. The highest BCUT2D eigenvalue weighted by Crippen LogP contribution is 2.24. The molecule has 1 aromatic carbocycles. The Hall–Kier alpha value is -1.59. The van der Waals surface area contributed by atoms with Crippen LogP contribution in [0, 0.1) is 0 Å². The summed E-state index contributed by atoms with van der Waals surface area (Å²) in [5, 5.41) is 0. The SMILES string of the molecule is NC(CC1CCCO1)c1ccc2[nH]c(=O)[nH]c2c1. The maximum absolute atomic E-state index is 11.2. The van der Waals surface area contributed by atoms with Gasteiger partial charge in [-0.2, -0.15) is 0 Å². The van der Waals surface area contributed by atoms with Gasteiger partial charge in [0.15, 0.2) is 0 Å². The first-order valence-corrected chi connectivity index (χ1v) is 6.31. The zero-order chi connectivity index (χ0) is 12.5. The summed E-state index contributed by atoms with van der Waals surface area (Å²) in [6.45, 7) is 0.849. The van der Waals surface area contributed by atoms with Crippen molar-refractivity contribution < 1.29 is 4.74 Å². The van der Waals surface area contributed by atoms with Crippen LogP contribution in [0.1, 0.15) is 30.9 Å². The molecule has 1 saturated heterocycles. The molecule has 0 spiro atoms. The molecule has 2 heterocycles. The molecule has 2 atom stereocenters. The lowest BCUT2D eigenvalue weighted by Gasteiger charge is -2.16. The molecule has 0 radical (unpaired) electrons. The number of hydrogen-bond acceptors (Lipinski definition) is 3. The minimum absolute atomic E-state index is 0.0455. The number of rotatable bonds is 3. The van der Waals surface area contributed by atoms with Gasteiger partial charge in [0, 0.05) is 12.6 Å². The Labute approximate surface area is 104 Å². The van der Waals surface area contributed by atoms with Crippen molar-refractivity contribution in [2.75, 3.05) is 6.61 Å². The second-order valence-electron chi connectivity index (χ2n) is 4.86. The van der Waals surface area contributed by atoms with Crippen LogP contribution in [0.25, 0.3) is 11.0 Å². The van der Waals surface area contributed by atoms with Crippen LogP contribution in [-0.2, 0) is 4.74 Å². The number of ether oxygens (including phenoxy) is 1. The molecule has 0 bridgehead atoms. The van der Waals surface area contributed by atoms with Gasteiger partial charge in [-0.15, -0.1) is 0 Å². The van der Waals surface area contributed by atoms with Crippen LogP contribution in [0.15, 0.2) is 23.0 Å². The highest BCUT2D eigenvalue weighted by molar-refractivity contribution is 5.75. The molecule has 5 heteroatoms. The molecule has 1 aliphatic heterocycles. The lowest BCUT2D eigenvalue weighted by Crippen LogP contribution is -2.18. The van der Waals surface area contributed by atoms with Crippen LogP contribution in [0.3, 0.4) is 0 Å². The average Bonchev–Trinajstić information content (AvgIpc) is 2.95. The predicted molar refractivity (Wildman–Crippen MR) is 69.4 cm³/mol. The molecule has 96 valence electrons. The zero-order valence-electron chi connectivity index (χ0n) is 10.1. The molecule has 2 unspecified atom stereocenters. The normalized spacial score (nSPS) is 21.5. The number of nitrogens with two attached hydrogens (primary N) is 1. The molecule has 1 fully saturated rings. The fourth-order valence-electron chi connectivity index (χ4n) is 2.53. The van der Waals surface area contributed by atoms with Crippen LogP contribution in [0.4, 0.5) is 0 Å². The maximum Gasteiger partial charge on any atom is 0.323 e. The van der Waals surface area contributed by atoms with Crippen molar-refractivity contribution >= 4 is 11.0 Å². The molecule has 0 amide bonds. The monoisotopic (exact) mass is 247 g/mol. The maximum atomic E-state index is 11.2. The standard InChI is InChI=1S/C13H17N3O2/c14-10(7-9-2-1-5-18-9)8-3-4-11-12(6-8)16-13(17)15-11/h3-4,6,9-10H,1-2,5,7,14H2,(H2,15,16,17). The topological polar surface area (TPSA) is 83.9 Å². The number of fused-ring (bicyclic) bond motifs is 1. The van der Waals surface area contributed by atoms with Crippen LogP contribution in [0.5, 0.6) is 0 Å². The van der Waals surface area contributed by atoms with Crippen LogP contribution in [-0.4, -0.2) is 22.7 Å². The van der Waals surface area contributed by atoms with E-state index >= 15 is 0 Å². The quantitative estimate of drug-likeness (QED) is 0.767. The van der Waals surface area contributed by atoms with Crippen molar-refractivity contribution in [3.8, 4) is 0 Å². The van der Waals surface area contributed by atoms with E-state index in [1.54, 1.807) is 0 Å². The van der Waals surface area contributed by atoms with Gasteiger partial charge in [0.2, 0.25) is 0 Å². The minimum Gasteiger partial charge on any atom is -0.378 e. The molecule has 2 aromatic rings. The highest BCUT2D eigenvalue weighted by Gasteiger charge is 2.19. The lowest BCUT2D eigenvalue weighted by molar-refractivity contribution is 0.0983. The first kappa shape index (κ1) is 11.5. The summed E-state index contributed by atoms with van der Waals surface area (Å²) in [4.78, 5) is 16.7. The van der Waals surface area contributed by atoms with Crippen molar-refractivity contribution in [2.24, 2.45) is 5.73 Å². The van der Waals surface area contributed by atoms with Crippen LogP contribution in [0.2, 0.25) is 0 Å². The largest absolute Gasteiger partial charge is 0.378 e. The average molecular weight is 247 g/mol. The summed E-state index contributed by atoms with van der Waals surface area (Å²) in [6.07, 6.45) is 3.33. The summed E-state index contributed by atoms with van der Waals surface area (Å²) >= 11 is 0. The van der Waals surface area contributed by atoms with E-state index in [4.69, 9.17) is 10.5 Å². The molecule has 0 aliphatic carbocycles. The Morgan fingerprint density at radius 1 is 1.39 bits per heavy atom. The number of aromatic nitrogens is 2. The van der Waals surface area contributed by atoms with Crippen molar-refractivity contribution in [3.63, 3.8) is 0 Å². The van der Waals surface area contributed by atoms with Crippen molar-refractivity contribution in [2.45, 2.75) is 31.4 Å². The van der Waals surface area contributed by atoms with Gasteiger partial charge in [0.25, 0.3) is 0 Å². The number of benzene rings is 1. The van der Waals surface area contributed by atoms with Crippen molar-refractivity contribution in [1.82, 2.24) is 9.97 Å². The fourth-order valence-corrected chi connectivity index (χ4v) is 2.53. The third kappa shape index (κ3) is 2.19. The predicted octanol–water partition coefficient (Wildman–Crippen LogP) is 1.43. The van der Waals surface area contributed by atoms with Crippen molar-refractivity contribution in [1.29, 1.82) is 0 Å². The number of hydrogen-bond donors (Lipinski definition) is 3. The van der Waals surface area contributed by atoms with Gasteiger partial charge >= 0.3 is 5.69 Å². The molecule has 18 heavy (non-hydrogen) atoms. The number of imidazole rings is 1. The Morgan fingerprint density at radius 2 is 2.22 bits per heavy atom.